The fourth-order valence-electron chi connectivity index (χ4n) is 3.27. The van der Waals surface area contributed by atoms with E-state index >= 15 is 0 Å². The number of ether oxygens (including phenoxy) is 1. The predicted octanol–water partition coefficient (Wildman–Crippen LogP) is 1.50. The Kier molecular flexibility index (Phi) is 6.52. The zero-order chi connectivity index (χ0) is 21.9. The van der Waals surface area contributed by atoms with E-state index in [1.54, 1.807) is 32.9 Å². The van der Waals surface area contributed by atoms with Crippen molar-refractivity contribution >= 4 is 27.6 Å². The summed E-state index contributed by atoms with van der Waals surface area (Å²) in [6.45, 7) is 5.93. The third-order valence-corrected chi connectivity index (χ3v) is 6.92. The van der Waals surface area contributed by atoms with Crippen LogP contribution in [-0.2, 0) is 31.0 Å². The van der Waals surface area contributed by atoms with E-state index in [0.717, 1.165) is 0 Å². The molecule has 2 heterocycles. The number of hydrogen-bond donors (Lipinski definition) is 0. The second-order valence-electron chi connectivity index (χ2n) is 6.81. The quantitative estimate of drug-likeness (QED) is 0.571. The van der Waals surface area contributed by atoms with Crippen molar-refractivity contribution in [2.75, 3.05) is 24.5 Å². The number of carbonyl (C=O) groups is 2. The van der Waals surface area contributed by atoms with Crippen LogP contribution in [0.5, 0.6) is 0 Å². The molecule has 10 nitrogen and oxygen atoms in total. The summed E-state index contributed by atoms with van der Waals surface area (Å²) in [6, 6.07) is 6.09. The number of nitrogens with zero attached hydrogens (tertiary/aromatic N) is 4. The van der Waals surface area contributed by atoms with Crippen LogP contribution in [0.15, 0.2) is 33.6 Å². The lowest BCUT2D eigenvalue weighted by Crippen LogP contribution is -2.30. The molecule has 3 rings (SSSR count). The molecule has 0 N–H and O–H groups in total. The van der Waals surface area contributed by atoms with Gasteiger partial charge in [0, 0.05) is 38.7 Å². The van der Waals surface area contributed by atoms with Gasteiger partial charge >= 0.3 is 5.97 Å². The Hall–Kier alpha value is -2.79. The van der Waals surface area contributed by atoms with Gasteiger partial charge in [-0.3, -0.25) is 9.59 Å². The van der Waals surface area contributed by atoms with Crippen LogP contribution in [0.2, 0.25) is 0 Å². The Bertz CT molecular complexity index is 1010. The molecule has 0 radical (unpaired) electrons. The minimum Gasteiger partial charge on any atom is -0.455 e. The van der Waals surface area contributed by atoms with Crippen molar-refractivity contribution < 1.29 is 27.2 Å². The van der Waals surface area contributed by atoms with Gasteiger partial charge in [-0.1, -0.05) is 13.8 Å². The van der Waals surface area contributed by atoms with Crippen molar-refractivity contribution in [1.29, 1.82) is 0 Å². The molecule has 1 aliphatic heterocycles. The highest BCUT2D eigenvalue weighted by molar-refractivity contribution is 7.89. The summed E-state index contributed by atoms with van der Waals surface area (Å²) in [7, 11) is -3.58. The number of aryl methyl sites for hydroxylation is 1. The van der Waals surface area contributed by atoms with Gasteiger partial charge in [0.05, 0.1) is 10.8 Å². The van der Waals surface area contributed by atoms with Crippen LogP contribution in [0.3, 0.4) is 0 Å². The first-order valence-electron chi connectivity index (χ1n) is 9.62. The minimum atomic E-state index is -3.58. The molecular weight excluding hydrogens is 412 g/mol. The maximum atomic E-state index is 12.6. The number of amides is 1. The van der Waals surface area contributed by atoms with Crippen molar-refractivity contribution in [3.8, 4) is 0 Å². The summed E-state index contributed by atoms with van der Waals surface area (Å²) in [6.07, 6.45) is 0.0151. The molecule has 1 aromatic carbocycles. The lowest BCUT2D eigenvalue weighted by Gasteiger charge is -2.20. The zero-order valence-corrected chi connectivity index (χ0v) is 17.9. The van der Waals surface area contributed by atoms with E-state index in [0.29, 0.717) is 24.7 Å². The molecular formula is C19H24N4O6S. The van der Waals surface area contributed by atoms with E-state index in [-0.39, 0.29) is 36.3 Å². The van der Waals surface area contributed by atoms with Gasteiger partial charge in [0.1, 0.15) is 0 Å². The fourth-order valence-corrected chi connectivity index (χ4v) is 4.73. The molecule has 0 saturated carbocycles. The molecule has 0 spiro atoms. The summed E-state index contributed by atoms with van der Waals surface area (Å²) in [5, 5.41) is 7.41. The van der Waals surface area contributed by atoms with Crippen molar-refractivity contribution in [3.63, 3.8) is 0 Å². The molecule has 1 fully saturated rings. The third-order valence-electron chi connectivity index (χ3n) is 4.86. The van der Waals surface area contributed by atoms with E-state index in [1.807, 2.05) is 0 Å². The van der Waals surface area contributed by atoms with Gasteiger partial charge in [-0.25, -0.2) is 8.42 Å². The molecule has 1 unspecified atom stereocenters. The monoisotopic (exact) mass is 436 g/mol. The van der Waals surface area contributed by atoms with E-state index in [9.17, 15) is 18.0 Å². The maximum absolute atomic E-state index is 12.6. The van der Waals surface area contributed by atoms with Crippen LogP contribution in [0.4, 0.5) is 5.69 Å². The second kappa shape index (κ2) is 8.92. The van der Waals surface area contributed by atoms with Crippen LogP contribution >= 0.6 is 0 Å². The second-order valence-corrected chi connectivity index (χ2v) is 8.75. The van der Waals surface area contributed by atoms with Gasteiger partial charge < -0.3 is 14.1 Å². The van der Waals surface area contributed by atoms with Crippen LogP contribution < -0.4 is 4.90 Å². The van der Waals surface area contributed by atoms with Crippen LogP contribution in [0, 0.1) is 12.8 Å². The van der Waals surface area contributed by atoms with Crippen molar-refractivity contribution in [2.45, 2.75) is 38.7 Å². The molecule has 30 heavy (non-hydrogen) atoms. The largest absolute Gasteiger partial charge is 0.455 e. The molecule has 1 aromatic heterocycles. The predicted molar refractivity (Wildman–Crippen MR) is 106 cm³/mol. The normalized spacial score (nSPS) is 17.0. The average Bonchev–Trinajstić information content (AvgIpc) is 3.32. The van der Waals surface area contributed by atoms with E-state index in [4.69, 9.17) is 9.15 Å². The number of sulfonamides is 1. The molecule has 1 saturated heterocycles. The standard InChI is InChI=1S/C19H24N4O6S/c1-4-22(5-2)30(26,27)16-8-6-15(7-9-16)23-11-14(10-18(23)24)19(25)28-12-17-21-20-13(3)29-17/h6-9,14H,4-5,10-12H2,1-3H3. The highest BCUT2D eigenvalue weighted by Crippen LogP contribution is 2.27. The van der Waals surface area contributed by atoms with E-state index < -0.39 is 21.9 Å². The van der Waals surface area contributed by atoms with Gasteiger partial charge in [0.15, 0.2) is 6.61 Å². The minimum absolute atomic E-state index is 0.0151. The molecule has 1 amide bonds. The van der Waals surface area contributed by atoms with E-state index in [1.165, 1.54) is 21.3 Å². The van der Waals surface area contributed by atoms with Crippen molar-refractivity contribution in [1.82, 2.24) is 14.5 Å². The van der Waals surface area contributed by atoms with Gasteiger partial charge in [0.25, 0.3) is 5.89 Å². The number of rotatable bonds is 8. The van der Waals surface area contributed by atoms with Crippen molar-refractivity contribution in [2.24, 2.45) is 5.92 Å². The molecule has 0 bridgehead atoms. The van der Waals surface area contributed by atoms with Gasteiger partial charge in [-0.05, 0) is 24.3 Å². The SMILES string of the molecule is CCN(CC)S(=O)(=O)c1ccc(N2CC(C(=O)OCc3nnc(C)o3)CC2=O)cc1. The number of hydrogen-bond acceptors (Lipinski definition) is 8. The first kappa shape index (κ1) is 21.9. The summed E-state index contributed by atoms with van der Waals surface area (Å²) >= 11 is 0. The van der Waals surface area contributed by atoms with E-state index in [2.05, 4.69) is 10.2 Å². The summed E-state index contributed by atoms with van der Waals surface area (Å²) in [5.41, 5.74) is 0.529. The highest BCUT2D eigenvalue weighted by Gasteiger charge is 2.36. The Balaban J connectivity index is 1.65. The first-order valence-corrected chi connectivity index (χ1v) is 11.1. The number of esters is 1. The molecule has 1 aliphatic rings. The maximum Gasteiger partial charge on any atom is 0.311 e. The number of benzene rings is 1. The summed E-state index contributed by atoms with van der Waals surface area (Å²) < 4.78 is 36.9. The summed E-state index contributed by atoms with van der Waals surface area (Å²) in [5.74, 6) is -0.824. The Morgan fingerprint density at radius 1 is 1.23 bits per heavy atom. The molecule has 11 heteroatoms. The fraction of sp³-hybridized carbons (Fsp3) is 0.474. The average molecular weight is 436 g/mol. The Labute approximate surface area is 174 Å². The lowest BCUT2D eigenvalue weighted by molar-refractivity contribution is -0.150. The topological polar surface area (TPSA) is 123 Å². The molecule has 2 aromatic rings. The third kappa shape index (κ3) is 4.51. The number of aromatic nitrogens is 2. The highest BCUT2D eigenvalue weighted by atomic mass is 32.2. The van der Waals surface area contributed by atoms with Crippen LogP contribution in [0.25, 0.3) is 0 Å². The summed E-state index contributed by atoms with van der Waals surface area (Å²) in [4.78, 5) is 26.3. The van der Waals surface area contributed by atoms with Crippen LogP contribution in [-0.4, -0.2) is 54.4 Å². The first-order chi connectivity index (χ1) is 14.3. The Morgan fingerprint density at radius 2 is 1.90 bits per heavy atom. The smallest absolute Gasteiger partial charge is 0.311 e. The molecule has 1 atom stereocenters. The lowest BCUT2D eigenvalue weighted by atomic mass is 10.1. The molecule has 0 aliphatic carbocycles. The zero-order valence-electron chi connectivity index (χ0n) is 17.1. The van der Waals surface area contributed by atoms with Crippen molar-refractivity contribution in [3.05, 3.63) is 36.0 Å². The van der Waals surface area contributed by atoms with Gasteiger partial charge in [-0.15, -0.1) is 10.2 Å². The van der Waals surface area contributed by atoms with Gasteiger partial charge in [0.2, 0.25) is 21.8 Å². The number of anilines is 1. The number of carbonyl (C=O) groups excluding carboxylic acids is 2. The van der Waals surface area contributed by atoms with Crippen LogP contribution in [0.1, 0.15) is 32.0 Å². The molecule has 162 valence electrons. The Morgan fingerprint density at radius 3 is 2.47 bits per heavy atom. The van der Waals surface area contributed by atoms with Gasteiger partial charge in [-0.2, -0.15) is 4.31 Å².